The molecule has 14 heteroatoms. The van der Waals surface area contributed by atoms with E-state index in [1.54, 1.807) is 30.2 Å². The van der Waals surface area contributed by atoms with Gasteiger partial charge < -0.3 is 23.8 Å². The lowest BCUT2D eigenvalue weighted by atomic mass is 10.1. The van der Waals surface area contributed by atoms with Crippen LogP contribution in [0.5, 0.6) is 11.6 Å². The molecule has 1 atom stereocenters. The van der Waals surface area contributed by atoms with Crippen LogP contribution in [-0.2, 0) is 9.47 Å². The van der Waals surface area contributed by atoms with Gasteiger partial charge in [-0.1, -0.05) is 0 Å². The molecule has 1 N–H and O–H groups in total. The molecule has 3 aromatic heterocycles. The number of halogens is 1. The molecule has 0 spiro atoms. The highest BCUT2D eigenvalue weighted by Crippen LogP contribution is 2.37. The summed E-state index contributed by atoms with van der Waals surface area (Å²) in [6.45, 7) is 5.48. The van der Waals surface area contributed by atoms with Gasteiger partial charge in [0.15, 0.2) is 11.6 Å². The SMILES string of the molecule is COc1cnc2c(-c3nc4cc(F)c(OC[C@@H](C)OC(=O)Nc5ccc(C(=O)N6CCOCC6)nc5)cc4s3)cc(C)cc2n1. The summed E-state index contributed by atoms with van der Waals surface area (Å²) in [6.07, 6.45) is 1.48. The first-order valence-corrected chi connectivity index (χ1v) is 14.9. The standard InChI is InChI=1S/C31H29FN6O6S/c1-17-10-20(28-24(11-17)36-27(41-3)15-34-28)29-37-23-12-21(32)25(13-26(23)45-29)43-16-18(2)44-31(40)35-19-4-5-22(33-14-19)30(39)38-6-8-42-9-7-38/h4-5,10-15,18H,6-9,16H2,1-3H3,(H,35,40)/t18-/m1/s1. The highest BCUT2D eigenvalue weighted by molar-refractivity contribution is 7.21. The second kappa shape index (κ2) is 13.0. The van der Waals surface area contributed by atoms with E-state index in [0.29, 0.717) is 64.1 Å². The van der Waals surface area contributed by atoms with Gasteiger partial charge in [0.25, 0.3) is 5.91 Å². The van der Waals surface area contributed by atoms with Crippen molar-refractivity contribution in [1.82, 2.24) is 24.8 Å². The number of morpholine rings is 1. The van der Waals surface area contributed by atoms with Gasteiger partial charge in [-0.25, -0.2) is 29.1 Å². The molecule has 45 heavy (non-hydrogen) atoms. The van der Waals surface area contributed by atoms with Gasteiger partial charge >= 0.3 is 6.09 Å². The molecule has 6 rings (SSSR count). The molecule has 0 aliphatic carbocycles. The number of aryl methyl sites for hydroxylation is 1. The summed E-state index contributed by atoms with van der Waals surface area (Å²) < 4.78 is 37.2. The number of anilines is 1. The maximum atomic E-state index is 15.0. The van der Waals surface area contributed by atoms with Crippen molar-refractivity contribution in [2.24, 2.45) is 0 Å². The number of ether oxygens (including phenoxy) is 4. The Morgan fingerprint density at radius 2 is 1.91 bits per heavy atom. The average Bonchev–Trinajstić information content (AvgIpc) is 3.45. The summed E-state index contributed by atoms with van der Waals surface area (Å²) in [5, 5.41) is 3.24. The largest absolute Gasteiger partial charge is 0.487 e. The van der Waals surface area contributed by atoms with Crippen molar-refractivity contribution in [2.75, 3.05) is 45.3 Å². The lowest BCUT2D eigenvalue weighted by Crippen LogP contribution is -2.41. The highest BCUT2D eigenvalue weighted by Gasteiger charge is 2.20. The number of rotatable bonds is 8. The maximum absolute atomic E-state index is 15.0. The number of nitrogens with zero attached hydrogens (tertiary/aromatic N) is 5. The average molecular weight is 633 g/mol. The molecule has 1 saturated heterocycles. The van der Waals surface area contributed by atoms with E-state index in [0.717, 1.165) is 11.1 Å². The van der Waals surface area contributed by atoms with E-state index in [4.69, 9.17) is 18.9 Å². The Morgan fingerprint density at radius 1 is 1.09 bits per heavy atom. The smallest absolute Gasteiger partial charge is 0.412 e. The van der Waals surface area contributed by atoms with Crippen LogP contribution in [0.15, 0.2) is 48.8 Å². The van der Waals surface area contributed by atoms with Crippen molar-refractivity contribution < 1.29 is 32.9 Å². The number of benzene rings is 2. The number of carbonyl (C=O) groups is 2. The Kier molecular flexibility index (Phi) is 8.67. The summed E-state index contributed by atoms with van der Waals surface area (Å²) in [4.78, 5) is 44.5. The van der Waals surface area contributed by atoms with E-state index >= 15 is 0 Å². The van der Waals surface area contributed by atoms with E-state index < -0.39 is 18.0 Å². The van der Waals surface area contributed by atoms with Crippen LogP contribution in [-0.4, -0.2) is 83.0 Å². The molecule has 1 aliphatic rings. The number of aromatic nitrogens is 4. The van der Waals surface area contributed by atoms with Crippen LogP contribution in [0.25, 0.3) is 31.8 Å². The quantitative estimate of drug-likeness (QED) is 0.242. The molecule has 0 radical (unpaired) electrons. The summed E-state index contributed by atoms with van der Waals surface area (Å²) in [5.74, 6) is -0.368. The molecular formula is C31H29FN6O6S. The summed E-state index contributed by atoms with van der Waals surface area (Å²) >= 11 is 1.38. The third-order valence-electron chi connectivity index (χ3n) is 6.96. The second-order valence-corrected chi connectivity index (χ2v) is 11.4. The summed E-state index contributed by atoms with van der Waals surface area (Å²) in [7, 11) is 1.53. The van der Waals surface area contributed by atoms with Crippen LogP contribution in [0, 0.1) is 12.7 Å². The van der Waals surface area contributed by atoms with Crippen molar-refractivity contribution in [3.8, 4) is 22.2 Å². The number of carbonyl (C=O) groups excluding carboxylic acids is 2. The van der Waals surface area contributed by atoms with Gasteiger partial charge in [-0.15, -0.1) is 11.3 Å². The Morgan fingerprint density at radius 3 is 2.67 bits per heavy atom. The Balaban J connectivity index is 1.08. The molecule has 0 unspecified atom stereocenters. The number of nitrogens with one attached hydrogen (secondary N) is 1. The van der Waals surface area contributed by atoms with Crippen molar-refractivity contribution in [3.05, 3.63) is 65.9 Å². The minimum atomic E-state index is -0.741. The predicted molar refractivity (Wildman–Crippen MR) is 165 cm³/mol. The van der Waals surface area contributed by atoms with Crippen LogP contribution in [0.2, 0.25) is 0 Å². The maximum Gasteiger partial charge on any atom is 0.412 e. The van der Waals surface area contributed by atoms with Crippen molar-refractivity contribution in [3.63, 3.8) is 0 Å². The fourth-order valence-corrected chi connectivity index (χ4v) is 5.75. The first-order chi connectivity index (χ1) is 21.8. The number of methoxy groups -OCH3 is 1. The molecule has 2 aromatic carbocycles. The number of fused-ring (bicyclic) bond motifs is 2. The van der Waals surface area contributed by atoms with Gasteiger partial charge in [-0.3, -0.25) is 10.1 Å². The van der Waals surface area contributed by atoms with Crippen LogP contribution < -0.4 is 14.8 Å². The van der Waals surface area contributed by atoms with Crippen molar-refractivity contribution in [2.45, 2.75) is 20.0 Å². The Labute approximate surface area is 261 Å². The number of pyridine rings is 1. The number of hydrogen-bond donors (Lipinski definition) is 1. The lowest BCUT2D eigenvalue weighted by Gasteiger charge is -2.26. The third-order valence-corrected chi connectivity index (χ3v) is 8.01. The molecule has 232 valence electrons. The molecule has 1 fully saturated rings. The first kappa shape index (κ1) is 30.1. The minimum absolute atomic E-state index is 0.0110. The lowest BCUT2D eigenvalue weighted by molar-refractivity contribution is 0.0299. The van der Waals surface area contributed by atoms with E-state index in [2.05, 4.69) is 25.3 Å². The van der Waals surface area contributed by atoms with Gasteiger partial charge in [0.05, 0.1) is 59.7 Å². The Hall–Kier alpha value is -4.95. The molecular weight excluding hydrogens is 603 g/mol. The number of amides is 2. The number of hydrogen-bond acceptors (Lipinski definition) is 11. The van der Waals surface area contributed by atoms with Gasteiger partial charge in [0.2, 0.25) is 5.88 Å². The van der Waals surface area contributed by atoms with Crippen molar-refractivity contribution >= 4 is 50.3 Å². The second-order valence-electron chi connectivity index (χ2n) is 10.4. The molecule has 2 amide bonds. The number of thiazole rings is 1. The third kappa shape index (κ3) is 6.76. The summed E-state index contributed by atoms with van der Waals surface area (Å²) in [5.41, 5.74) is 4.19. The fraction of sp³-hybridized carbons (Fsp3) is 0.290. The topological polar surface area (TPSA) is 138 Å². The monoisotopic (exact) mass is 632 g/mol. The summed E-state index contributed by atoms with van der Waals surface area (Å²) in [6, 6.07) is 9.89. The van der Waals surface area contributed by atoms with Crippen LogP contribution in [0.1, 0.15) is 23.0 Å². The van der Waals surface area contributed by atoms with Crippen LogP contribution >= 0.6 is 11.3 Å². The van der Waals surface area contributed by atoms with E-state index in [9.17, 15) is 14.0 Å². The van der Waals surface area contributed by atoms with E-state index in [1.165, 1.54) is 36.8 Å². The zero-order valence-corrected chi connectivity index (χ0v) is 25.5. The van der Waals surface area contributed by atoms with E-state index in [1.807, 2.05) is 19.1 Å². The molecule has 1 aliphatic heterocycles. The molecule has 5 aromatic rings. The normalized spacial score (nSPS) is 13.9. The molecule has 0 bridgehead atoms. The molecule has 12 nitrogen and oxygen atoms in total. The Bertz CT molecular complexity index is 1880. The zero-order valence-electron chi connectivity index (χ0n) is 24.7. The minimum Gasteiger partial charge on any atom is -0.487 e. The highest BCUT2D eigenvalue weighted by atomic mass is 32.1. The van der Waals surface area contributed by atoms with Gasteiger partial charge in [-0.2, -0.15) is 0 Å². The van der Waals surface area contributed by atoms with Gasteiger partial charge in [0.1, 0.15) is 23.4 Å². The molecule has 4 heterocycles. The van der Waals surface area contributed by atoms with Crippen molar-refractivity contribution in [1.29, 1.82) is 0 Å². The molecule has 0 saturated carbocycles. The van der Waals surface area contributed by atoms with Gasteiger partial charge in [0, 0.05) is 30.8 Å². The van der Waals surface area contributed by atoms with E-state index in [-0.39, 0.29) is 24.0 Å². The zero-order chi connectivity index (χ0) is 31.5. The van der Waals surface area contributed by atoms with Gasteiger partial charge in [-0.05, 0) is 43.7 Å². The van der Waals surface area contributed by atoms with Crippen LogP contribution in [0.3, 0.4) is 0 Å². The first-order valence-electron chi connectivity index (χ1n) is 14.1. The fourth-order valence-electron chi connectivity index (χ4n) is 4.76. The van der Waals surface area contributed by atoms with Crippen LogP contribution in [0.4, 0.5) is 14.9 Å². The predicted octanol–water partition coefficient (Wildman–Crippen LogP) is 5.25.